The first-order valence-corrected chi connectivity index (χ1v) is 10.7. The van der Waals surface area contributed by atoms with Gasteiger partial charge in [0.05, 0.1) is 22.5 Å². The fraction of sp³-hybridized carbons (Fsp3) is 0.273. The first kappa shape index (κ1) is 19.5. The summed E-state index contributed by atoms with van der Waals surface area (Å²) in [5.41, 5.74) is 0.693. The van der Waals surface area contributed by atoms with Gasteiger partial charge in [0, 0.05) is 25.1 Å². The zero-order valence-electron chi connectivity index (χ0n) is 16.4. The summed E-state index contributed by atoms with van der Waals surface area (Å²) >= 11 is 1.25. The largest absolute Gasteiger partial charge is 0.457 e. The van der Waals surface area contributed by atoms with E-state index in [-0.39, 0.29) is 23.8 Å². The zero-order valence-corrected chi connectivity index (χ0v) is 17.2. The van der Waals surface area contributed by atoms with E-state index < -0.39 is 0 Å². The molecule has 3 atom stereocenters. The number of halogens is 1. The number of carbonyl (C=O) groups excluding carboxylic acids is 1. The van der Waals surface area contributed by atoms with Crippen LogP contribution in [-0.2, 0) is 0 Å². The second-order valence-electron chi connectivity index (χ2n) is 7.69. The molecule has 2 aromatic heterocycles. The number of likely N-dealkylation sites (tertiary alicyclic amines) is 1. The number of rotatable bonds is 5. The van der Waals surface area contributed by atoms with Crippen molar-refractivity contribution >= 4 is 17.2 Å². The Morgan fingerprint density at radius 3 is 2.87 bits per heavy atom. The van der Waals surface area contributed by atoms with Crippen LogP contribution in [-0.4, -0.2) is 39.4 Å². The lowest BCUT2D eigenvalue weighted by Crippen LogP contribution is -2.48. The molecule has 2 fully saturated rings. The van der Waals surface area contributed by atoms with Crippen LogP contribution in [0.25, 0.3) is 10.4 Å². The number of nitrogens with one attached hydrogen (secondary N) is 1. The van der Waals surface area contributed by atoms with E-state index in [9.17, 15) is 14.4 Å². The van der Waals surface area contributed by atoms with E-state index in [1.807, 2.05) is 0 Å². The van der Waals surface area contributed by atoms with Crippen LogP contribution < -0.4 is 10.1 Å². The highest BCUT2D eigenvalue weighted by atomic mass is 32.1. The third kappa shape index (κ3) is 3.82. The normalized spacial score (nSPS) is 21.7. The Labute approximate surface area is 182 Å². The smallest absolute Gasteiger partial charge is 0.280 e. The number of thiazole rings is 1. The molecule has 3 aromatic rings. The van der Waals surface area contributed by atoms with Gasteiger partial charge in [-0.2, -0.15) is 5.26 Å². The Kier molecular flexibility index (Phi) is 5.00. The van der Waals surface area contributed by atoms with Crippen molar-refractivity contribution in [2.45, 2.75) is 24.9 Å². The molecule has 156 valence electrons. The van der Waals surface area contributed by atoms with Crippen molar-refractivity contribution < 1.29 is 13.9 Å². The van der Waals surface area contributed by atoms with Gasteiger partial charge < -0.3 is 15.0 Å². The SMILES string of the molecule is N#CN1CC2CC(NC(=O)c3ncc(-c4cnccc4Oc4ccc(F)cc4)s3)C1C2. The molecule has 1 amide bonds. The average molecular weight is 435 g/mol. The highest BCUT2D eigenvalue weighted by molar-refractivity contribution is 7.17. The van der Waals surface area contributed by atoms with Gasteiger partial charge >= 0.3 is 0 Å². The Hall–Kier alpha value is -3.51. The van der Waals surface area contributed by atoms with E-state index in [4.69, 9.17) is 4.74 Å². The molecule has 3 heterocycles. The van der Waals surface area contributed by atoms with Crippen LogP contribution >= 0.6 is 11.3 Å². The molecule has 7 nitrogen and oxygen atoms in total. The van der Waals surface area contributed by atoms with Crippen LogP contribution in [0.2, 0.25) is 0 Å². The number of aromatic nitrogens is 2. The van der Waals surface area contributed by atoms with Crippen LogP contribution in [0.4, 0.5) is 4.39 Å². The van der Waals surface area contributed by atoms with Gasteiger partial charge in [-0.3, -0.25) is 9.78 Å². The number of piperidine rings is 1. The van der Waals surface area contributed by atoms with E-state index in [1.54, 1.807) is 41.7 Å². The van der Waals surface area contributed by atoms with Crippen LogP contribution in [0.3, 0.4) is 0 Å². The molecule has 0 spiro atoms. The number of amides is 1. The minimum atomic E-state index is -0.339. The predicted molar refractivity (Wildman–Crippen MR) is 112 cm³/mol. The topological polar surface area (TPSA) is 91.1 Å². The number of hydrogen-bond donors (Lipinski definition) is 1. The molecule has 3 unspecified atom stereocenters. The minimum Gasteiger partial charge on any atom is -0.457 e. The maximum atomic E-state index is 13.2. The zero-order chi connectivity index (χ0) is 21.4. The van der Waals surface area contributed by atoms with Crippen molar-refractivity contribution in [2.75, 3.05) is 6.54 Å². The van der Waals surface area contributed by atoms with E-state index in [1.165, 1.54) is 23.5 Å². The number of carbonyl (C=O) groups is 1. The molecule has 2 aliphatic rings. The number of benzene rings is 1. The van der Waals surface area contributed by atoms with Gasteiger partial charge in [-0.25, -0.2) is 9.37 Å². The molecule has 2 bridgehead atoms. The van der Waals surface area contributed by atoms with Gasteiger partial charge in [-0.15, -0.1) is 11.3 Å². The number of hydrogen-bond acceptors (Lipinski definition) is 7. The quantitative estimate of drug-likeness (QED) is 0.613. The minimum absolute atomic E-state index is 0.0333. The Balaban J connectivity index is 1.32. The second kappa shape index (κ2) is 7.96. The summed E-state index contributed by atoms with van der Waals surface area (Å²) in [4.78, 5) is 23.7. The van der Waals surface area contributed by atoms with Gasteiger partial charge in [0.15, 0.2) is 11.2 Å². The molecule has 0 radical (unpaired) electrons. The fourth-order valence-corrected chi connectivity index (χ4v) is 5.15. The number of fused-ring (bicyclic) bond motifs is 2. The molecule has 1 aromatic carbocycles. The molecule has 1 saturated carbocycles. The standard InChI is InChI=1S/C22H18FN5O2S/c23-14-1-3-15(4-2-14)30-19-5-6-25-9-16(19)20-10-26-22(31-20)21(29)27-17-7-13-8-18(17)28(11-13)12-24/h1-6,9-10,13,17-18H,7-8,11H2,(H,27,29). The lowest BCUT2D eigenvalue weighted by molar-refractivity contribution is 0.0912. The Bertz CT molecular complexity index is 1160. The van der Waals surface area contributed by atoms with Crippen molar-refractivity contribution in [1.29, 1.82) is 5.26 Å². The second-order valence-corrected chi connectivity index (χ2v) is 8.73. The van der Waals surface area contributed by atoms with Crippen LogP contribution in [0, 0.1) is 23.2 Å². The van der Waals surface area contributed by atoms with Crippen molar-refractivity contribution in [1.82, 2.24) is 20.2 Å². The number of nitriles is 1. The summed E-state index contributed by atoms with van der Waals surface area (Å²) in [7, 11) is 0. The molecule has 1 N–H and O–H groups in total. The summed E-state index contributed by atoms with van der Waals surface area (Å²) in [6.07, 6.45) is 8.93. The van der Waals surface area contributed by atoms with Gasteiger partial charge in [0.25, 0.3) is 5.91 Å². The van der Waals surface area contributed by atoms with E-state index in [0.717, 1.165) is 24.3 Å². The van der Waals surface area contributed by atoms with Crippen LogP contribution in [0.5, 0.6) is 11.5 Å². The number of nitrogens with zero attached hydrogens (tertiary/aromatic N) is 4. The number of ether oxygens (including phenoxy) is 1. The molecular formula is C22H18FN5O2S. The molecule has 31 heavy (non-hydrogen) atoms. The van der Waals surface area contributed by atoms with E-state index >= 15 is 0 Å². The van der Waals surface area contributed by atoms with Gasteiger partial charge in [-0.05, 0) is 49.1 Å². The van der Waals surface area contributed by atoms with Crippen molar-refractivity contribution in [3.63, 3.8) is 0 Å². The average Bonchev–Trinajstić information content (AvgIpc) is 3.51. The fourth-order valence-electron chi connectivity index (χ4n) is 4.31. The Morgan fingerprint density at radius 1 is 1.26 bits per heavy atom. The monoisotopic (exact) mass is 435 g/mol. The molecule has 5 rings (SSSR count). The molecular weight excluding hydrogens is 417 g/mol. The van der Waals surface area contributed by atoms with Gasteiger partial charge in [0.1, 0.15) is 17.3 Å². The molecule has 9 heteroatoms. The van der Waals surface area contributed by atoms with Crippen molar-refractivity contribution in [3.8, 4) is 28.1 Å². The highest BCUT2D eigenvalue weighted by Gasteiger charge is 2.45. The first-order chi connectivity index (χ1) is 15.1. The first-order valence-electron chi connectivity index (χ1n) is 9.91. The lowest BCUT2D eigenvalue weighted by Gasteiger charge is -2.29. The van der Waals surface area contributed by atoms with Crippen molar-refractivity contribution in [3.05, 3.63) is 59.7 Å². The lowest BCUT2D eigenvalue weighted by atomic mass is 10.1. The molecule has 1 aliphatic carbocycles. The Morgan fingerprint density at radius 2 is 2.10 bits per heavy atom. The predicted octanol–water partition coefficient (Wildman–Crippen LogP) is 3.81. The van der Waals surface area contributed by atoms with E-state index in [0.29, 0.717) is 28.0 Å². The highest BCUT2D eigenvalue weighted by Crippen LogP contribution is 2.38. The third-order valence-electron chi connectivity index (χ3n) is 5.71. The summed E-state index contributed by atoms with van der Waals surface area (Å²) in [5, 5.41) is 12.6. The number of pyridine rings is 1. The van der Waals surface area contributed by atoms with Crippen molar-refractivity contribution in [2.24, 2.45) is 5.92 Å². The van der Waals surface area contributed by atoms with E-state index in [2.05, 4.69) is 21.5 Å². The van der Waals surface area contributed by atoms with Gasteiger partial charge in [-0.1, -0.05) is 0 Å². The van der Waals surface area contributed by atoms with Crippen LogP contribution in [0.15, 0.2) is 48.9 Å². The molecule has 1 saturated heterocycles. The summed E-state index contributed by atoms with van der Waals surface area (Å²) in [6.45, 7) is 0.785. The summed E-state index contributed by atoms with van der Waals surface area (Å²) < 4.78 is 19.0. The van der Waals surface area contributed by atoms with Crippen LogP contribution in [0.1, 0.15) is 22.6 Å². The molecule has 1 aliphatic heterocycles. The third-order valence-corrected chi connectivity index (χ3v) is 6.74. The van der Waals surface area contributed by atoms with Gasteiger partial charge in [0.2, 0.25) is 0 Å². The summed E-state index contributed by atoms with van der Waals surface area (Å²) in [5.74, 6) is 0.915. The maximum absolute atomic E-state index is 13.2. The maximum Gasteiger partial charge on any atom is 0.280 e. The summed E-state index contributed by atoms with van der Waals surface area (Å²) in [6, 6.07) is 7.50.